The number of carboxylic acid groups (broad SMARTS) is 1. The van der Waals surface area contributed by atoms with Gasteiger partial charge in [-0.25, -0.2) is 14.4 Å². The number of unbranched alkanes of at least 4 members (excludes halogenated alkanes) is 3. The average molecular weight is 789 g/mol. The van der Waals surface area contributed by atoms with Gasteiger partial charge in [0, 0.05) is 72.2 Å². The highest BCUT2D eigenvalue weighted by molar-refractivity contribution is 8.00. The molecule has 6 atom stereocenters. The molecule has 1 aromatic rings. The van der Waals surface area contributed by atoms with E-state index in [1.54, 1.807) is 0 Å². The molecular weight excluding hydrogens is 737 g/mol. The highest BCUT2D eigenvalue weighted by Crippen LogP contribution is 2.34. The number of anilines is 2. The maximum Gasteiger partial charge on any atom is 0.335 e. The topological polar surface area (TPSA) is 236 Å². The summed E-state index contributed by atoms with van der Waals surface area (Å²) in [6.07, 6.45) is 7.80. The minimum absolute atomic E-state index is 0.0312. The Labute approximate surface area is 323 Å². The van der Waals surface area contributed by atoms with Crippen molar-refractivity contribution in [3.63, 3.8) is 0 Å². The third-order valence-electron chi connectivity index (χ3n) is 9.96. The maximum atomic E-state index is 12.6. The van der Waals surface area contributed by atoms with Gasteiger partial charge >= 0.3 is 18.0 Å². The minimum Gasteiger partial charge on any atom is -0.478 e. The molecule has 9 N–H and O–H groups in total. The van der Waals surface area contributed by atoms with Gasteiger partial charge in [-0.15, -0.1) is 0 Å². The number of thioether (sulfide) groups is 2. The molecule has 5 rings (SSSR count). The van der Waals surface area contributed by atoms with Crippen LogP contribution >= 0.6 is 23.5 Å². The maximum absolute atomic E-state index is 12.6. The van der Waals surface area contributed by atoms with Crippen molar-refractivity contribution in [2.45, 2.75) is 118 Å². The molecule has 4 aliphatic rings. The summed E-state index contributed by atoms with van der Waals surface area (Å²) in [5.41, 5.74) is 0.377. The number of carboxylic acids is 1. The molecule has 54 heavy (non-hydrogen) atoms. The first-order valence-corrected chi connectivity index (χ1v) is 21.0. The number of fused-ring (bicyclic) bond motifs is 2. The van der Waals surface area contributed by atoms with Crippen molar-refractivity contribution in [3.8, 4) is 0 Å². The Bertz CT molecular complexity index is 1550. The van der Waals surface area contributed by atoms with Gasteiger partial charge in [0.25, 0.3) is 0 Å². The van der Waals surface area contributed by atoms with Crippen molar-refractivity contribution in [2.24, 2.45) is 0 Å². The van der Waals surface area contributed by atoms with Crippen LogP contribution in [0.5, 0.6) is 0 Å². The van der Waals surface area contributed by atoms with Crippen LogP contribution in [0, 0.1) is 0 Å². The lowest BCUT2D eigenvalue weighted by atomic mass is 10.0. The summed E-state index contributed by atoms with van der Waals surface area (Å²) < 4.78 is 0. The van der Waals surface area contributed by atoms with Crippen LogP contribution in [0.2, 0.25) is 0 Å². The van der Waals surface area contributed by atoms with E-state index in [-0.39, 0.29) is 89.6 Å². The summed E-state index contributed by atoms with van der Waals surface area (Å²) in [6.45, 7) is 0.774. The monoisotopic (exact) mass is 788 g/mol. The first kappa shape index (κ1) is 41.0. The molecule has 4 saturated heterocycles. The third-order valence-corrected chi connectivity index (χ3v) is 13.0. The molecule has 0 aliphatic carbocycles. The number of aromatic carboxylic acids is 1. The molecule has 0 saturated carbocycles. The molecule has 1 aromatic carbocycles. The zero-order chi connectivity index (χ0) is 38.5. The standard InChI is InChI=1S/C36H52N8O8S2/c45-28(10-3-1-8-26-32-24(19-53-26)41-35(51)43-32)37-14-6-5-12-30(47)39-22-16-21(34(49)50)17-23(18-22)40-31(48)13-7-15-38-29(46)11-4-2-9-27-33-25(20-54-27)42-36(52)44-33/h16-18,24-27,32-33H,1-15,19-20H2,(H,37,45)(H,38,46)(H,39,47)(H,40,48)(H,49,50)(H2,41,43,51)(H2,42,44,52)/t24-,25-,26-,27-,32-,33-/m0/s1. The number of urea groups is 2. The number of carbonyl (C=O) groups is 7. The minimum atomic E-state index is -1.21. The number of benzene rings is 1. The van der Waals surface area contributed by atoms with Crippen molar-refractivity contribution in [3.05, 3.63) is 23.8 Å². The lowest BCUT2D eigenvalue weighted by molar-refractivity contribution is -0.122. The van der Waals surface area contributed by atoms with E-state index in [9.17, 15) is 38.7 Å². The van der Waals surface area contributed by atoms with Crippen LogP contribution in [0.15, 0.2) is 18.2 Å². The van der Waals surface area contributed by atoms with E-state index in [2.05, 4.69) is 42.5 Å². The van der Waals surface area contributed by atoms with E-state index in [4.69, 9.17) is 0 Å². The molecule has 18 heteroatoms. The number of nitrogens with one attached hydrogen (secondary N) is 8. The molecule has 8 amide bonds. The molecule has 0 aromatic heterocycles. The van der Waals surface area contributed by atoms with E-state index in [1.807, 2.05) is 23.5 Å². The summed E-state index contributed by atoms with van der Waals surface area (Å²) >= 11 is 3.71. The Hall–Kier alpha value is -4.19. The lowest BCUT2D eigenvalue weighted by Gasteiger charge is -2.16. The predicted molar refractivity (Wildman–Crippen MR) is 208 cm³/mol. The van der Waals surface area contributed by atoms with Gasteiger partial charge in [0.05, 0.1) is 29.7 Å². The van der Waals surface area contributed by atoms with Crippen molar-refractivity contribution in [2.75, 3.05) is 35.2 Å². The van der Waals surface area contributed by atoms with Crippen molar-refractivity contribution >= 4 is 76.6 Å². The van der Waals surface area contributed by atoms with Crippen LogP contribution in [0.3, 0.4) is 0 Å². The second-order valence-corrected chi connectivity index (χ2v) is 16.7. The van der Waals surface area contributed by atoms with Gasteiger partial charge in [0.1, 0.15) is 0 Å². The van der Waals surface area contributed by atoms with Gasteiger partial charge in [-0.2, -0.15) is 23.5 Å². The molecular formula is C36H52N8O8S2. The Balaban J connectivity index is 0.898. The second kappa shape index (κ2) is 20.5. The van der Waals surface area contributed by atoms with Gasteiger partial charge in [0.15, 0.2) is 0 Å². The molecule has 0 bridgehead atoms. The first-order chi connectivity index (χ1) is 26.0. The summed E-state index contributed by atoms with van der Waals surface area (Å²) in [5, 5.41) is 33.2. The molecule has 4 heterocycles. The number of hydrogen-bond donors (Lipinski definition) is 9. The van der Waals surface area contributed by atoms with Gasteiger partial charge in [-0.1, -0.05) is 12.8 Å². The van der Waals surface area contributed by atoms with E-state index >= 15 is 0 Å². The van der Waals surface area contributed by atoms with Crippen LogP contribution in [-0.4, -0.2) is 106 Å². The largest absolute Gasteiger partial charge is 0.478 e. The summed E-state index contributed by atoms with van der Waals surface area (Å²) in [7, 11) is 0. The van der Waals surface area contributed by atoms with Gasteiger partial charge in [0.2, 0.25) is 23.6 Å². The Morgan fingerprint density at radius 3 is 1.54 bits per heavy atom. The summed E-state index contributed by atoms with van der Waals surface area (Å²) in [6, 6.07) is 4.64. The Morgan fingerprint density at radius 1 is 0.593 bits per heavy atom. The van der Waals surface area contributed by atoms with Gasteiger partial charge < -0.3 is 47.6 Å². The van der Waals surface area contributed by atoms with Crippen LogP contribution in [0.1, 0.15) is 93.8 Å². The molecule has 4 fully saturated rings. The summed E-state index contributed by atoms with van der Waals surface area (Å²) in [5.74, 6) is -0.172. The lowest BCUT2D eigenvalue weighted by Crippen LogP contribution is -2.36. The van der Waals surface area contributed by atoms with Crippen LogP contribution in [0.25, 0.3) is 0 Å². The molecule has 0 spiro atoms. The van der Waals surface area contributed by atoms with E-state index in [1.165, 1.54) is 18.2 Å². The third kappa shape index (κ3) is 12.7. The van der Waals surface area contributed by atoms with Crippen LogP contribution < -0.4 is 42.5 Å². The SMILES string of the molecule is O=C(CCCC[C@@H]1SC[C@@H]2NC(=O)N[C@@H]21)NCCCCC(=O)Nc1cc(NC(=O)CCCNC(=O)CCCC[C@@H]2SC[C@@H]3NC(=O)N[C@@H]32)cc(C(=O)O)c1. The zero-order valence-electron chi connectivity index (χ0n) is 30.3. The van der Waals surface area contributed by atoms with Crippen molar-refractivity contribution in [1.82, 2.24) is 31.9 Å². The van der Waals surface area contributed by atoms with E-state index in [0.717, 1.165) is 50.0 Å². The fourth-order valence-corrected chi connectivity index (χ4v) is 10.3. The highest BCUT2D eigenvalue weighted by Gasteiger charge is 2.43. The Morgan fingerprint density at radius 2 is 1.04 bits per heavy atom. The zero-order valence-corrected chi connectivity index (χ0v) is 32.0. The highest BCUT2D eigenvalue weighted by atomic mass is 32.2. The first-order valence-electron chi connectivity index (χ1n) is 18.9. The number of carbonyl (C=O) groups excluding carboxylic acids is 6. The predicted octanol–water partition coefficient (Wildman–Crippen LogP) is 2.90. The van der Waals surface area contributed by atoms with Crippen LogP contribution in [-0.2, 0) is 19.2 Å². The molecule has 0 unspecified atom stereocenters. The smallest absolute Gasteiger partial charge is 0.335 e. The molecule has 0 radical (unpaired) electrons. The van der Waals surface area contributed by atoms with Gasteiger partial charge in [-0.3, -0.25) is 19.2 Å². The molecule has 296 valence electrons. The van der Waals surface area contributed by atoms with E-state index < -0.39 is 5.97 Å². The molecule has 16 nitrogen and oxygen atoms in total. The fourth-order valence-electron chi connectivity index (χ4n) is 7.18. The van der Waals surface area contributed by atoms with Gasteiger partial charge in [-0.05, 0) is 63.1 Å². The normalized spacial score (nSPS) is 23.6. The Kier molecular flexibility index (Phi) is 15.5. The number of amides is 8. The number of rotatable bonds is 22. The quantitative estimate of drug-likeness (QED) is 0.0616. The van der Waals surface area contributed by atoms with E-state index in [0.29, 0.717) is 55.7 Å². The van der Waals surface area contributed by atoms with Crippen LogP contribution in [0.4, 0.5) is 21.0 Å². The molecule has 4 aliphatic heterocycles. The van der Waals surface area contributed by atoms with Crippen molar-refractivity contribution < 1.29 is 38.7 Å². The van der Waals surface area contributed by atoms with Crippen molar-refractivity contribution in [1.29, 1.82) is 0 Å². The average Bonchev–Trinajstić information content (AvgIpc) is 3.88. The second-order valence-electron chi connectivity index (χ2n) is 14.2. The summed E-state index contributed by atoms with van der Waals surface area (Å²) in [4.78, 5) is 84.5. The number of hydrogen-bond acceptors (Lipinski definition) is 9. The fraction of sp³-hybridized carbons (Fsp3) is 0.639.